The second-order valence-corrected chi connectivity index (χ2v) is 17.7. The molecule has 0 N–H and O–H groups in total. The van der Waals surface area contributed by atoms with Crippen molar-refractivity contribution < 1.29 is 28.6 Å². The number of hydrogen-bond donors (Lipinski definition) is 0. The van der Waals surface area contributed by atoms with E-state index >= 15 is 0 Å². The zero-order valence-electron chi connectivity index (χ0n) is 37.6. The molecule has 0 rings (SSSR count). The van der Waals surface area contributed by atoms with Gasteiger partial charge in [-0.3, -0.25) is 14.4 Å². The van der Waals surface area contributed by atoms with Crippen LogP contribution in [0.4, 0.5) is 0 Å². The standard InChI is InChI=1S/C49H94O6/c1-6-7-8-9-10-11-12-13-14-15-19-24-29-34-39-47(50)53-42-46(43-54-48(51)40-35-30-26-21-23-28-33-38-45(4)5)55-49(52)41-36-31-25-20-17-16-18-22-27-32-37-44(2)3/h44-46H,6-43H2,1-5H3/t46-/m0/s1. The maximum absolute atomic E-state index is 12.7. The molecule has 0 saturated carbocycles. The molecule has 0 spiro atoms. The summed E-state index contributed by atoms with van der Waals surface area (Å²) in [6, 6.07) is 0. The molecule has 0 bridgehead atoms. The molecule has 0 aromatic carbocycles. The summed E-state index contributed by atoms with van der Waals surface area (Å²) in [6.07, 6.45) is 40.9. The minimum absolute atomic E-state index is 0.0647. The van der Waals surface area contributed by atoms with E-state index in [0.717, 1.165) is 69.6 Å². The molecule has 0 aliphatic carbocycles. The van der Waals surface area contributed by atoms with E-state index in [1.54, 1.807) is 0 Å². The predicted molar refractivity (Wildman–Crippen MR) is 233 cm³/mol. The molecule has 6 nitrogen and oxygen atoms in total. The van der Waals surface area contributed by atoms with Gasteiger partial charge in [-0.2, -0.15) is 0 Å². The van der Waals surface area contributed by atoms with E-state index < -0.39 is 6.10 Å². The van der Waals surface area contributed by atoms with Crippen LogP contribution in [0.25, 0.3) is 0 Å². The number of carbonyl (C=O) groups excluding carboxylic acids is 3. The van der Waals surface area contributed by atoms with Gasteiger partial charge in [-0.1, -0.05) is 227 Å². The molecule has 0 aliphatic rings. The lowest BCUT2D eigenvalue weighted by Gasteiger charge is -2.18. The SMILES string of the molecule is CCCCCCCCCCCCCCCCC(=O)OC[C@@H](COC(=O)CCCCCCCCCC(C)C)OC(=O)CCCCCCCCCCCCC(C)C. The van der Waals surface area contributed by atoms with Gasteiger partial charge in [0.2, 0.25) is 0 Å². The van der Waals surface area contributed by atoms with Gasteiger partial charge in [0.15, 0.2) is 6.10 Å². The third-order valence-corrected chi connectivity index (χ3v) is 11.0. The van der Waals surface area contributed by atoms with E-state index in [1.165, 1.54) is 154 Å². The minimum atomic E-state index is -0.761. The van der Waals surface area contributed by atoms with Gasteiger partial charge in [-0.05, 0) is 31.1 Å². The van der Waals surface area contributed by atoms with Crippen LogP contribution in [-0.4, -0.2) is 37.2 Å². The average Bonchev–Trinajstić information content (AvgIpc) is 3.15. The highest BCUT2D eigenvalue weighted by Gasteiger charge is 2.19. The second kappa shape index (κ2) is 42.0. The molecule has 0 unspecified atom stereocenters. The van der Waals surface area contributed by atoms with Crippen LogP contribution < -0.4 is 0 Å². The van der Waals surface area contributed by atoms with Crippen LogP contribution in [0, 0.1) is 11.8 Å². The molecule has 0 heterocycles. The third-order valence-electron chi connectivity index (χ3n) is 11.0. The Bertz CT molecular complexity index is 839. The van der Waals surface area contributed by atoms with Gasteiger partial charge in [0.1, 0.15) is 13.2 Å². The molecule has 55 heavy (non-hydrogen) atoms. The van der Waals surface area contributed by atoms with Crippen LogP contribution in [0.15, 0.2) is 0 Å². The largest absolute Gasteiger partial charge is 0.462 e. The van der Waals surface area contributed by atoms with E-state index in [4.69, 9.17) is 14.2 Å². The lowest BCUT2D eigenvalue weighted by Crippen LogP contribution is -2.30. The van der Waals surface area contributed by atoms with Gasteiger partial charge in [0.25, 0.3) is 0 Å². The van der Waals surface area contributed by atoms with Crippen molar-refractivity contribution in [2.24, 2.45) is 11.8 Å². The minimum Gasteiger partial charge on any atom is -0.462 e. The number of unbranched alkanes of at least 4 members (excludes halogenated alkanes) is 28. The van der Waals surface area contributed by atoms with Crippen molar-refractivity contribution in [3.63, 3.8) is 0 Å². The van der Waals surface area contributed by atoms with Gasteiger partial charge in [-0.15, -0.1) is 0 Å². The molecule has 0 aliphatic heterocycles. The molecule has 6 heteroatoms. The van der Waals surface area contributed by atoms with Crippen LogP contribution in [0.1, 0.15) is 266 Å². The summed E-state index contributed by atoms with van der Waals surface area (Å²) >= 11 is 0. The van der Waals surface area contributed by atoms with E-state index in [1.807, 2.05) is 0 Å². The van der Waals surface area contributed by atoms with Crippen molar-refractivity contribution in [1.29, 1.82) is 0 Å². The molecular weight excluding hydrogens is 685 g/mol. The summed E-state index contributed by atoms with van der Waals surface area (Å²) in [7, 11) is 0. The molecule has 0 aromatic heterocycles. The summed E-state index contributed by atoms with van der Waals surface area (Å²) in [5.41, 5.74) is 0. The maximum atomic E-state index is 12.7. The highest BCUT2D eigenvalue weighted by molar-refractivity contribution is 5.71. The summed E-state index contributed by atoms with van der Waals surface area (Å²) in [4.78, 5) is 37.8. The quantitative estimate of drug-likeness (QED) is 0.0348. The summed E-state index contributed by atoms with van der Waals surface area (Å²) in [5.74, 6) is 0.742. The van der Waals surface area contributed by atoms with Gasteiger partial charge in [0, 0.05) is 19.3 Å². The highest BCUT2D eigenvalue weighted by Crippen LogP contribution is 2.17. The smallest absolute Gasteiger partial charge is 0.306 e. The van der Waals surface area contributed by atoms with Crippen molar-refractivity contribution in [2.75, 3.05) is 13.2 Å². The fourth-order valence-electron chi connectivity index (χ4n) is 7.28. The number of esters is 3. The lowest BCUT2D eigenvalue weighted by molar-refractivity contribution is -0.167. The Morgan fingerprint density at radius 1 is 0.345 bits per heavy atom. The van der Waals surface area contributed by atoms with Gasteiger partial charge < -0.3 is 14.2 Å². The van der Waals surface area contributed by atoms with E-state index in [9.17, 15) is 14.4 Å². The monoisotopic (exact) mass is 779 g/mol. The van der Waals surface area contributed by atoms with Crippen molar-refractivity contribution in [3.8, 4) is 0 Å². The normalized spacial score (nSPS) is 12.1. The van der Waals surface area contributed by atoms with Gasteiger partial charge >= 0.3 is 17.9 Å². The lowest BCUT2D eigenvalue weighted by atomic mass is 10.0. The van der Waals surface area contributed by atoms with Crippen LogP contribution >= 0.6 is 0 Å². The Balaban J connectivity index is 4.32. The number of rotatable bonds is 43. The molecule has 1 atom stereocenters. The Kier molecular flexibility index (Phi) is 40.8. The van der Waals surface area contributed by atoms with Crippen molar-refractivity contribution in [3.05, 3.63) is 0 Å². The van der Waals surface area contributed by atoms with Crippen LogP contribution in [0.2, 0.25) is 0 Å². The predicted octanol–water partition coefficient (Wildman–Crippen LogP) is 15.4. The fourth-order valence-corrected chi connectivity index (χ4v) is 7.28. The number of hydrogen-bond acceptors (Lipinski definition) is 6. The molecule has 0 radical (unpaired) electrons. The first-order chi connectivity index (χ1) is 26.7. The topological polar surface area (TPSA) is 78.9 Å². The van der Waals surface area contributed by atoms with Crippen molar-refractivity contribution >= 4 is 17.9 Å². The molecule has 0 fully saturated rings. The zero-order valence-corrected chi connectivity index (χ0v) is 37.6. The van der Waals surface area contributed by atoms with E-state index in [0.29, 0.717) is 19.3 Å². The second-order valence-electron chi connectivity index (χ2n) is 17.7. The first-order valence-corrected chi connectivity index (χ1v) is 24.2. The van der Waals surface area contributed by atoms with Crippen LogP contribution in [-0.2, 0) is 28.6 Å². The Morgan fingerprint density at radius 2 is 0.600 bits per heavy atom. The van der Waals surface area contributed by atoms with Crippen LogP contribution in [0.5, 0.6) is 0 Å². The molecule has 326 valence electrons. The molecule has 0 aromatic rings. The van der Waals surface area contributed by atoms with Crippen LogP contribution in [0.3, 0.4) is 0 Å². The Hall–Kier alpha value is -1.59. The molecule has 0 amide bonds. The third kappa shape index (κ3) is 43.4. The van der Waals surface area contributed by atoms with Gasteiger partial charge in [-0.25, -0.2) is 0 Å². The average molecular weight is 779 g/mol. The fraction of sp³-hybridized carbons (Fsp3) is 0.939. The Labute approximate surface area is 342 Å². The molecular formula is C49H94O6. The van der Waals surface area contributed by atoms with Crippen molar-refractivity contribution in [1.82, 2.24) is 0 Å². The number of ether oxygens (including phenoxy) is 3. The van der Waals surface area contributed by atoms with E-state index in [2.05, 4.69) is 34.6 Å². The molecule has 0 saturated heterocycles. The summed E-state index contributed by atoms with van der Waals surface area (Å²) in [5, 5.41) is 0. The highest BCUT2D eigenvalue weighted by atomic mass is 16.6. The van der Waals surface area contributed by atoms with Crippen molar-refractivity contribution in [2.45, 2.75) is 272 Å². The Morgan fingerprint density at radius 3 is 0.891 bits per heavy atom. The van der Waals surface area contributed by atoms with E-state index in [-0.39, 0.29) is 31.1 Å². The first kappa shape index (κ1) is 53.4. The summed E-state index contributed by atoms with van der Waals surface area (Å²) in [6.45, 7) is 11.3. The summed E-state index contributed by atoms with van der Waals surface area (Å²) < 4.78 is 16.7. The zero-order chi connectivity index (χ0) is 40.5. The first-order valence-electron chi connectivity index (χ1n) is 24.2. The maximum Gasteiger partial charge on any atom is 0.306 e. The van der Waals surface area contributed by atoms with Gasteiger partial charge in [0.05, 0.1) is 0 Å². The number of carbonyl (C=O) groups is 3.